The van der Waals surface area contributed by atoms with Crippen LogP contribution >= 0.6 is 11.3 Å². The van der Waals surface area contributed by atoms with E-state index >= 15 is 0 Å². The first-order chi connectivity index (χ1) is 18.5. The number of halogens is 3. The molecule has 2 aromatic carbocycles. The molecule has 0 spiro atoms. The number of carbonyl (C=O) groups excluding carboxylic acids is 1. The van der Waals surface area contributed by atoms with Crippen LogP contribution in [0, 0.1) is 37.2 Å². The number of nitrogens with zero attached hydrogens (tertiary/aromatic N) is 5. The third-order valence-corrected chi connectivity index (χ3v) is 9.63. The number of carbonyl (C=O) groups is 1. The Hall–Kier alpha value is -3.29. The summed E-state index contributed by atoms with van der Waals surface area (Å²) in [4.78, 5) is 19.6. The second kappa shape index (κ2) is 10.7. The number of amides is 1. The monoisotopic (exact) mass is 577 g/mol. The summed E-state index contributed by atoms with van der Waals surface area (Å²) in [5.41, 5.74) is 1.67. The quantitative estimate of drug-likeness (QED) is 0.319. The summed E-state index contributed by atoms with van der Waals surface area (Å²) in [7, 11) is -3.95. The molecule has 1 unspecified atom stereocenters. The van der Waals surface area contributed by atoms with Crippen LogP contribution in [0.15, 0.2) is 47.4 Å². The number of sulfonamides is 1. The van der Waals surface area contributed by atoms with Crippen molar-refractivity contribution in [3.8, 4) is 0 Å². The Morgan fingerprint density at radius 2 is 1.85 bits per heavy atom. The Balaban J connectivity index is 1.44. The maximum absolute atomic E-state index is 14.4. The minimum atomic E-state index is -3.95. The van der Waals surface area contributed by atoms with Crippen LogP contribution < -0.4 is 4.90 Å². The minimum absolute atomic E-state index is 0.0375. The topological polar surface area (TPSA) is 88.4 Å². The van der Waals surface area contributed by atoms with E-state index in [1.807, 2.05) is 19.9 Å². The van der Waals surface area contributed by atoms with E-state index in [-0.39, 0.29) is 45.8 Å². The lowest BCUT2D eigenvalue weighted by atomic mass is 9.98. The van der Waals surface area contributed by atoms with E-state index in [1.54, 1.807) is 4.68 Å². The highest BCUT2D eigenvalue weighted by molar-refractivity contribution is 7.89. The van der Waals surface area contributed by atoms with Gasteiger partial charge in [-0.2, -0.15) is 9.40 Å². The number of thiazole rings is 1. The molecule has 3 heterocycles. The van der Waals surface area contributed by atoms with Crippen molar-refractivity contribution in [3.63, 3.8) is 0 Å². The zero-order chi connectivity index (χ0) is 27.9. The van der Waals surface area contributed by atoms with Crippen molar-refractivity contribution in [2.45, 2.75) is 38.1 Å². The van der Waals surface area contributed by atoms with Crippen molar-refractivity contribution in [1.82, 2.24) is 19.1 Å². The third kappa shape index (κ3) is 5.56. The molecule has 4 aromatic rings. The molecule has 13 heteroatoms. The van der Waals surface area contributed by atoms with E-state index in [4.69, 9.17) is 0 Å². The smallest absolute Gasteiger partial charge is 0.243 e. The SMILES string of the molecule is Cc1cc(C)n(CCN(C(=O)C2CCCN(S(=O)(=O)c3ccc(F)cc3)C2)c2nc3c(F)cc(F)cc3s2)n1. The number of rotatable bonds is 7. The lowest BCUT2D eigenvalue weighted by Crippen LogP contribution is -2.47. The first kappa shape index (κ1) is 27.3. The van der Waals surface area contributed by atoms with Crippen molar-refractivity contribution in [2.75, 3.05) is 24.5 Å². The molecule has 1 aliphatic rings. The van der Waals surface area contributed by atoms with Gasteiger partial charge in [0.2, 0.25) is 15.9 Å². The molecule has 8 nitrogen and oxygen atoms in total. The number of aryl methyl sites for hydroxylation is 2. The molecule has 0 radical (unpaired) electrons. The van der Waals surface area contributed by atoms with E-state index in [0.29, 0.717) is 19.4 Å². The molecule has 2 aromatic heterocycles. The average Bonchev–Trinajstić information content (AvgIpc) is 3.46. The predicted octanol–water partition coefficient (Wildman–Crippen LogP) is 4.66. The second-order valence-electron chi connectivity index (χ2n) is 9.53. The number of fused-ring (bicyclic) bond motifs is 1. The molecule has 1 aliphatic heterocycles. The Morgan fingerprint density at radius 1 is 1.10 bits per heavy atom. The maximum Gasteiger partial charge on any atom is 0.243 e. The van der Waals surface area contributed by atoms with Crippen LogP contribution in [0.3, 0.4) is 0 Å². The highest BCUT2D eigenvalue weighted by Crippen LogP contribution is 2.33. The number of hydrogen-bond donors (Lipinski definition) is 0. The number of benzene rings is 2. The Bertz CT molecular complexity index is 1640. The molecule has 5 rings (SSSR count). The van der Waals surface area contributed by atoms with Gasteiger partial charge in [-0.15, -0.1) is 0 Å². The van der Waals surface area contributed by atoms with E-state index in [1.165, 1.54) is 27.4 Å². The zero-order valence-corrected chi connectivity index (χ0v) is 22.9. The highest BCUT2D eigenvalue weighted by Gasteiger charge is 2.36. The van der Waals surface area contributed by atoms with Gasteiger partial charge in [-0.3, -0.25) is 14.4 Å². The van der Waals surface area contributed by atoms with Gasteiger partial charge >= 0.3 is 0 Å². The summed E-state index contributed by atoms with van der Waals surface area (Å²) in [6.07, 6.45) is 0.889. The lowest BCUT2D eigenvalue weighted by molar-refractivity contribution is -0.123. The molecular weight excluding hydrogens is 551 g/mol. The lowest BCUT2D eigenvalue weighted by Gasteiger charge is -2.33. The van der Waals surface area contributed by atoms with Gasteiger partial charge in [0.05, 0.1) is 27.8 Å². The minimum Gasteiger partial charge on any atom is -0.286 e. The van der Waals surface area contributed by atoms with Crippen LogP contribution in [0.4, 0.5) is 18.3 Å². The number of piperidine rings is 1. The van der Waals surface area contributed by atoms with Crippen LogP contribution in [-0.2, 0) is 21.4 Å². The molecule has 1 fully saturated rings. The van der Waals surface area contributed by atoms with Crippen LogP contribution in [0.1, 0.15) is 24.2 Å². The average molecular weight is 578 g/mol. The molecule has 1 amide bonds. The van der Waals surface area contributed by atoms with E-state index in [2.05, 4.69) is 10.1 Å². The summed E-state index contributed by atoms with van der Waals surface area (Å²) in [5, 5.41) is 4.63. The molecule has 0 saturated carbocycles. The highest BCUT2D eigenvalue weighted by atomic mass is 32.2. The standard InChI is InChI=1S/C26H26F3N5O3S2/c1-16-12-17(2)34(31-16)11-10-33(26-30-24-22(29)13-20(28)14-23(24)38-26)25(35)18-4-3-9-32(15-18)39(36,37)21-7-5-19(27)6-8-21/h5-8,12-14,18H,3-4,9-11,15H2,1-2H3. The van der Waals surface area contributed by atoms with Gasteiger partial charge in [-0.1, -0.05) is 11.3 Å². The Kier molecular flexibility index (Phi) is 7.49. The molecular formula is C26H26F3N5O3S2. The maximum atomic E-state index is 14.4. The Labute approximate surface area is 227 Å². The van der Waals surface area contributed by atoms with Crippen molar-refractivity contribution in [2.24, 2.45) is 5.92 Å². The first-order valence-corrected chi connectivity index (χ1v) is 14.6. The molecule has 206 valence electrons. The van der Waals surface area contributed by atoms with Gasteiger partial charge < -0.3 is 0 Å². The van der Waals surface area contributed by atoms with Gasteiger partial charge in [-0.25, -0.2) is 26.6 Å². The van der Waals surface area contributed by atoms with Crippen LogP contribution in [0.25, 0.3) is 10.2 Å². The fraction of sp³-hybridized carbons (Fsp3) is 0.346. The Morgan fingerprint density at radius 3 is 2.54 bits per heavy atom. The van der Waals surface area contributed by atoms with Crippen LogP contribution in [0.2, 0.25) is 0 Å². The summed E-state index contributed by atoms with van der Waals surface area (Å²) in [6, 6.07) is 8.37. The van der Waals surface area contributed by atoms with Gasteiger partial charge in [0.1, 0.15) is 17.2 Å². The van der Waals surface area contributed by atoms with Crippen molar-refractivity contribution >= 4 is 42.6 Å². The fourth-order valence-electron chi connectivity index (χ4n) is 4.80. The normalized spacial score (nSPS) is 16.6. The summed E-state index contributed by atoms with van der Waals surface area (Å²) in [6.45, 7) is 4.37. The van der Waals surface area contributed by atoms with Crippen LogP contribution in [-0.4, -0.2) is 53.0 Å². The number of aromatic nitrogens is 3. The third-order valence-electron chi connectivity index (χ3n) is 6.72. The molecule has 0 N–H and O–H groups in total. The molecule has 1 atom stereocenters. The predicted molar refractivity (Wildman–Crippen MR) is 141 cm³/mol. The van der Waals surface area contributed by atoms with Crippen molar-refractivity contribution in [1.29, 1.82) is 0 Å². The van der Waals surface area contributed by atoms with Gasteiger partial charge in [0, 0.05) is 31.4 Å². The molecule has 1 saturated heterocycles. The van der Waals surface area contributed by atoms with Gasteiger partial charge in [-0.05, 0) is 63.1 Å². The zero-order valence-electron chi connectivity index (χ0n) is 21.3. The summed E-state index contributed by atoms with van der Waals surface area (Å²) < 4.78 is 71.4. The molecule has 39 heavy (non-hydrogen) atoms. The fourth-order valence-corrected chi connectivity index (χ4v) is 7.36. The van der Waals surface area contributed by atoms with Crippen LogP contribution in [0.5, 0.6) is 0 Å². The van der Waals surface area contributed by atoms with Crippen molar-refractivity contribution in [3.05, 3.63) is 71.3 Å². The molecule has 0 aliphatic carbocycles. The van der Waals surface area contributed by atoms with E-state index < -0.39 is 33.4 Å². The van der Waals surface area contributed by atoms with Gasteiger partial charge in [0.15, 0.2) is 10.9 Å². The number of anilines is 1. The summed E-state index contributed by atoms with van der Waals surface area (Å²) in [5.74, 6) is -3.18. The van der Waals surface area contributed by atoms with E-state index in [9.17, 15) is 26.4 Å². The second-order valence-corrected chi connectivity index (χ2v) is 12.5. The largest absolute Gasteiger partial charge is 0.286 e. The van der Waals surface area contributed by atoms with Crippen molar-refractivity contribution < 1.29 is 26.4 Å². The van der Waals surface area contributed by atoms with E-state index in [0.717, 1.165) is 40.9 Å². The first-order valence-electron chi connectivity index (χ1n) is 12.4. The summed E-state index contributed by atoms with van der Waals surface area (Å²) >= 11 is 0.992. The molecule has 0 bridgehead atoms. The van der Waals surface area contributed by atoms with Gasteiger partial charge in [0.25, 0.3) is 0 Å². The number of hydrogen-bond acceptors (Lipinski definition) is 6.